The van der Waals surface area contributed by atoms with E-state index in [1.807, 2.05) is 0 Å². The van der Waals surface area contributed by atoms with Crippen LogP contribution in [0.4, 0.5) is 5.69 Å². The van der Waals surface area contributed by atoms with Crippen LogP contribution in [0.2, 0.25) is 0 Å². The third-order valence-corrected chi connectivity index (χ3v) is 3.12. The van der Waals surface area contributed by atoms with Crippen LogP contribution in [0.25, 0.3) is 0 Å². The lowest BCUT2D eigenvalue weighted by molar-refractivity contribution is -0.131. The van der Waals surface area contributed by atoms with E-state index in [0.717, 1.165) is 0 Å². The fraction of sp³-hybridized carbons (Fsp3) is 0.357. The van der Waals surface area contributed by atoms with Crippen molar-refractivity contribution in [2.75, 3.05) is 18.8 Å². The molecule has 0 aromatic heterocycles. The van der Waals surface area contributed by atoms with Crippen LogP contribution in [-0.4, -0.2) is 35.6 Å². The van der Waals surface area contributed by atoms with E-state index in [1.54, 1.807) is 11.0 Å². The molecule has 0 radical (unpaired) electrons. The monoisotopic (exact) mass is 276 g/mol. The zero-order valence-corrected chi connectivity index (χ0v) is 11.2. The summed E-state index contributed by atoms with van der Waals surface area (Å²) in [5.74, 6) is -0.217. The van der Waals surface area contributed by atoms with Crippen molar-refractivity contribution < 1.29 is 19.1 Å². The molecule has 106 valence electrons. The van der Waals surface area contributed by atoms with Gasteiger partial charge >= 0.3 is 5.97 Å². The molecule has 0 aliphatic carbocycles. The van der Waals surface area contributed by atoms with Gasteiger partial charge in [-0.05, 0) is 18.2 Å². The fourth-order valence-corrected chi connectivity index (χ4v) is 2.07. The molecule has 20 heavy (non-hydrogen) atoms. The van der Waals surface area contributed by atoms with Crippen LogP contribution >= 0.6 is 0 Å². The number of piperidine rings is 1. The zero-order chi connectivity index (χ0) is 14.7. The average molecular weight is 276 g/mol. The number of hydrogen-bond donors (Lipinski definition) is 1. The van der Waals surface area contributed by atoms with Gasteiger partial charge in [-0.3, -0.25) is 14.4 Å². The summed E-state index contributed by atoms with van der Waals surface area (Å²) >= 11 is 0. The molecule has 1 saturated heterocycles. The number of rotatable bonds is 2. The number of nitrogens with zero attached hydrogens (tertiary/aromatic N) is 1. The van der Waals surface area contributed by atoms with Crippen LogP contribution in [0, 0.1) is 0 Å². The summed E-state index contributed by atoms with van der Waals surface area (Å²) < 4.78 is 4.91. The standard InChI is InChI=1S/C14H16N2O4/c1-9(17)20-13-3-2-10(8-12(13)15)14(19)16-6-4-11(18)5-7-16/h2-3,8H,4-7,15H2,1H3. The van der Waals surface area contributed by atoms with Crippen LogP contribution < -0.4 is 10.5 Å². The maximum absolute atomic E-state index is 12.2. The first-order chi connectivity index (χ1) is 9.47. The zero-order valence-electron chi connectivity index (χ0n) is 11.2. The summed E-state index contributed by atoms with van der Waals surface area (Å²) in [5.41, 5.74) is 6.42. The minimum atomic E-state index is -0.467. The van der Waals surface area contributed by atoms with Gasteiger partial charge in [0.15, 0.2) is 5.75 Å². The predicted octanol–water partition coefficient (Wildman–Crippen LogP) is 0.999. The maximum atomic E-state index is 12.2. The van der Waals surface area contributed by atoms with E-state index in [9.17, 15) is 14.4 Å². The SMILES string of the molecule is CC(=O)Oc1ccc(C(=O)N2CCC(=O)CC2)cc1N. The van der Waals surface area contributed by atoms with Gasteiger partial charge in [0.2, 0.25) is 0 Å². The number of amides is 1. The summed E-state index contributed by atoms with van der Waals surface area (Å²) in [6, 6.07) is 4.55. The minimum Gasteiger partial charge on any atom is -0.425 e. The Balaban J connectivity index is 2.12. The van der Waals surface area contributed by atoms with Gasteiger partial charge in [0.05, 0.1) is 5.69 Å². The van der Waals surface area contributed by atoms with Gasteiger partial charge in [-0.25, -0.2) is 0 Å². The van der Waals surface area contributed by atoms with Crippen LogP contribution in [0.5, 0.6) is 5.75 Å². The van der Waals surface area contributed by atoms with E-state index in [0.29, 0.717) is 31.5 Å². The van der Waals surface area contributed by atoms with E-state index in [2.05, 4.69) is 0 Å². The molecule has 0 atom stereocenters. The minimum absolute atomic E-state index is 0.168. The smallest absolute Gasteiger partial charge is 0.308 e. The van der Waals surface area contributed by atoms with Crippen molar-refractivity contribution in [3.8, 4) is 5.75 Å². The lowest BCUT2D eigenvalue weighted by atomic mass is 10.1. The molecule has 1 heterocycles. The second-order valence-electron chi connectivity index (χ2n) is 4.68. The maximum Gasteiger partial charge on any atom is 0.308 e. The molecule has 6 heteroatoms. The summed E-state index contributed by atoms with van der Waals surface area (Å²) in [6.45, 7) is 2.15. The summed E-state index contributed by atoms with van der Waals surface area (Å²) in [5, 5.41) is 0. The highest BCUT2D eigenvalue weighted by Gasteiger charge is 2.22. The highest BCUT2D eigenvalue weighted by Crippen LogP contribution is 2.24. The number of Topliss-reactive ketones (excluding diaryl/α,β-unsaturated/α-hetero) is 1. The average Bonchev–Trinajstić information content (AvgIpc) is 2.41. The van der Waals surface area contributed by atoms with E-state index in [1.165, 1.54) is 19.1 Å². The van der Waals surface area contributed by atoms with E-state index < -0.39 is 5.97 Å². The highest BCUT2D eigenvalue weighted by atomic mass is 16.5. The van der Waals surface area contributed by atoms with E-state index >= 15 is 0 Å². The second kappa shape index (κ2) is 5.73. The van der Waals surface area contributed by atoms with Gasteiger partial charge < -0.3 is 15.4 Å². The molecule has 2 rings (SSSR count). The Labute approximate surface area is 116 Å². The first kappa shape index (κ1) is 14.0. The number of carbonyl (C=O) groups is 3. The Morgan fingerprint density at radius 3 is 2.45 bits per heavy atom. The lowest BCUT2D eigenvalue weighted by Gasteiger charge is -2.26. The number of nitrogens with two attached hydrogens (primary N) is 1. The first-order valence-electron chi connectivity index (χ1n) is 6.36. The summed E-state index contributed by atoms with van der Waals surface area (Å²) in [7, 11) is 0. The normalized spacial score (nSPS) is 15.1. The molecule has 1 aromatic rings. The number of nitrogen functional groups attached to an aromatic ring is 1. The first-order valence-corrected chi connectivity index (χ1v) is 6.36. The van der Waals surface area contributed by atoms with Crippen molar-refractivity contribution in [2.45, 2.75) is 19.8 Å². The van der Waals surface area contributed by atoms with Crippen molar-refractivity contribution in [1.29, 1.82) is 0 Å². The van der Waals surface area contributed by atoms with Gasteiger partial charge in [-0.15, -0.1) is 0 Å². The summed E-state index contributed by atoms with van der Waals surface area (Å²) in [6.07, 6.45) is 0.791. The number of ketones is 1. The van der Waals surface area contributed by atoms with Crippen LogP contribution in [0.3, 0.4) is 0 Å². The van der Waals surface area contributed by atoms with Crippen LogP contribution in [-0.2, 0) is 9.59 Å². The number of carbonyl (C=O) groups excluding carboxylic acids is 3. The topological polar surface area (TPSA) is 89.7 Å². The largest absolute Gasteiger partial charge is 0.425 e. The van der Waals surface area contributed by atoms with Crippen molar-refractivity contribution >= 4 is 23.3 Å². The van der Waals surface area contributed by atoms with E-state index in [4.69, 9.17) is 10.5 Å². The van der Waals surface area contributed by atoms with Crippen LogP contribution in [0.1, 0.15) is 30.1 Å². The molecular formula is C14H16N2O4. The van der Waals surface area contributed by atoms with Gasteiger partial charge in [0.25, 0.3) is 5.91 Å². The van der Waals surface area contributed by atoms with Crippen molar-refractivity contribution in [1.82, 2.24) is 4.90 Å². The Hall–Kier alpha value is -2.37. The molecule has 1 aromatic carbocycles. The molecule has 0 unspecified atom stereocenters. The lowest BCUT2D eigenvalue weighted by Crippen LogP contribution is -2.38. The molecule has 1 aliphatic heterocycles. The Kier molecular flexibility index (Phi) is 4.02. The quantitative estimate of drug-likeness (QED) is 0.494. The van der Waals surface area contributed by atoms with Gasteiger partial charge in [0.1, 0.15) is 5.78 Å². The molecule has 0 saturated carbocycles. The third-order valence-electron chi connectivity index (χ3n) is 3.12. The number of likely N-dealkylation sites (tertiary alicyclic amines) is 1. The van der Waals surface area contributed by atoms with Gasteiger partial charge in [0, 0.05) is 38.4 Å². The van der Waals surface area contributed by atoms with Crippen molar-refractivity contribution in [3.05, 3.63) is 23.8 Å². The predicted molar refractivity (Wildman–Crippen MR) is 72.3 cm³/mol. The van der Waals surface area contributed by atoms with Crippen LogP contribution in [0.15, 0.2) is 18.2 Å². The number of hydrogen-bond acceptors (Lipinski definition) is 5. The fourth-order valence-electron chi connectivity index (χ4n) is 2.07. The number of benzene rings is 1. The Bertz CT molecular complexity index is 558. The molecule has 2 N–H and O–H groups in total. The third kappa shape index (κ3) is 3.14. The number of anilines is 1. The number of esters is 1. The van der Waals surface area contributed by atoms with Gasteiger partial charge in [-0.1, -0.05) is 0 Å². The second-order valence-corrected chi connectivity index (χ2v) is 4.68. The molecule has 1 amide bonds. The van der Waals surface area contributed by atoms with Gasteiger partial charge in [-0.2, -0.15) is 0 Å². The molecule has 1 fully saturated rings. The van der Waals surface area contributed by atoms with Crippen molar-refractivity contribution in [3.63, 3.8) is 0 Å². The highest BCUT2D eigenvalue weighted by molar-refractivity contribution is 5.96. The molecular weight excluding hydrogens is 260 g/mol. The molecule has 6 nitrogen and oxygen atoms in total. The van der Waals surface area contributed by atoms with E-state index in [-0.39, 0.29) is 23.1 Å². The Morgan fingerprint density at radius 2 is 1.90 bits per heavy atom. The number of ether oxygens (including phenoxy) is 1. The summed E-state index contributed by atoms with van der Waals surface area (Å²) in [4.78, 5) is 35.9. The molecule has 0 spiro atoms. The Morgan fingerprint density at radius 1 is 1.25 bits per heavy atom. The van der Waals surface area contributed by atoms with Crippen molar-refractivity contribution in [2.24, 2.45) is 0 Å². The molecule has 1 aliphatic rings. The molecule has 0 bridgehead atoms.